The summed E-state index contributed by atoms with van der Waals surface area (Å²) < 4.78 is 6.04. The van der Waals surface area contributed by atoms with Crippen molar-refractivity contribution in [2.45, 2.75) is 0 Å². The number of nitrogens with two attached hydrogens (primary N) is 1. The van der Waals surface area contributed by atoms with Gasteiger partial charge in [-0.1, -0.05) is 42.2 Å². The quantitative estimate of drug-likeness (QED) is 0.324. The van der Waals surface area contributed by atoms with E-state index >= 15 is 0 Å². The van der Waals surface area contributed by atoms with Crippen LogP contribution in [0.5, 0.6) is 0 Å². The highest BCUT2D eigenvalue weighted by Crippen LogP contribution is 2.24. The Morgan fingerprint density at radius 2 is 1.60 bits per heavy atom. The van der Waals surface area contributed by atoms with Gasteiger partial charge in [-0.3, -0.25) is 9.78 Å². The van der Waals surface area contributed by atoms with Gasteiger partial charge in [0.15, 0.2) is 11.2 Å². The van der Waals surface area contributed by atoms with E-state index in [0.717, 1.165) is 21.9 Å². The summed E-state index contributed by atoms with van der Waals surface area (Å²) in [5, 5.41) is 2.57. The summed E-state index contributed by atoms with van der Waals surface area (Å²) in [5.74, 6) is 6.62. The monoisotopic (exact) mass is 388 g/mol. The molecule has 0 bridgehead atoms. The van der Waals surface area contributed by atoms with Gasteiger partial charge in [0.05, 0.1) is 5.39 Å². The van der Waals surface area contributed by atoms with Crippen LogP contribution in [0.4, 0.5) is 5.69 Å². The van der Waals surface area contributed by atoms with E-state index in [1.807, 2.05) is 60.7 Å². The van der Waals surface area contributed by atoms with Crippen LogP contribution >= 0.6 is 0 Å². The van der Waals surface area contributed by atoms with Gasteiger partial charge in [0.2, 0.25) is 0 Å². The van der Waals surface area contributed by atoms with Gasteiger partial charge in [-0.05, 0) is 47.9 Å². The minimum Gasteiger partial charge on any atom is -0.454 e. The lowest BCUT2D eigenvalue weighted by Gasteiger charge is -2.04. The number of nitrogen functional groups attached to an aromatic ring is 1. The lowest BCUT2D eigenvalue weighted by molar-refractivity contribution is 0.616. The maximum Gasteiger partial charge on any atom is 0.193 e. The van der Waals surface area contributed by atoms with Crippen molar-refractivity contribution in [1.29, 1.82) is 0 Å². The van der Waals surface area contributed by atoms with Gasteiger partial charge in [-0.15, -0.1) is 0 Å². The summed E-state index contributed by atoms with van der Waals surface area (Å²) in [5.41, 5.74) is 9.02. The largest absolute Gasteiger partial charge is 0.454 e. The third-order valence-electron chi connectivity index (χ3n) is 4.85. The van der Waals surface area contributed by atoms with Crippen molar-refractivity contribution < 1.29 is 4.42 Å². The Bertz CT molecular complexity index is 1540. The molecule has 142 valence electrons. The standard InChI is InChI=1S/C26H16N2O2/c27-21-7-3-4-17(12-21)8-9-18-10-11-22-24(29)15-26(30-25(22)13-18)23-14-19-5-1-2-6-20(19)16-28-23/h1-7,10-16H,27H2. The van der Waals surface area contributed by atoms with Gasteiger partial charge in [0.1, 0.15) is 11.3 Å². The predicted octanol–water partition coefficient (Wildman–Crippen LogP) is 4.99. The van der Waals surface area contributed by atoms with Gasteiger partial charge in [0, 0.05) is 34.5 Å². The molecule has 4 nitrogen and oxygen atoms in total. The Morgan fingerprint density at radius 1 is 0.800 bits per heavy atom. The summed E-state index contributed by atoms with van der Waals surface area (Å²) in [7, 11) is 0. The Kier molecular flexibility index (Phi) is 4.27. The van der Waals surface area contributed by atoms with Crippen molar-refractivity contribution in [2.75, 3.05) is 5.73 Å². The van der Waals surface area contributed by atoms with Crippen LogP contribution in [-0.2, 0) is 0 Å². The first-order valence-corrected chi connectivity index (χ1v) is 9.46. The Hall–Kier alpha value is -4.36. The number of hydrogen-bond acceptors (Lipinski definition) is 4. The molecule has 0 unspecified atom stereocenters. The maximum atomic E-state index is 12.6. The van der Waals surface area contributed by atoms with E-state index in [4.69, 9.17) is 10.2 Å². The molecule has 2 heterocycles. The highest BCUT2D eigenvalue weighted by Gasteiger charge is 2.09. The van der Waals surface area contributed by atoms with Crippen LogP contribution in [0.2, 0.25) is 0 Å². The van der Waals surface area contributed by atoms with E-state index in [1.54, 1.807) is 18.3 Å². The first-order chi connectivity index (χ1) is 14.7. The number of anilines is 1. The van der Waals surface area contributed by atoms with E-state index in [-0.39, 0.29) is 5.43 Å². The topological polar surface area (TPSA) is 69.1 Å². The Morgan fingerprint density at radius 3 is 2.43 bits per heavy atom. The SMILES string of the molecule is Nc1cccc(C#Cc2ccc3c(=O)cc(-c4cc5ccccc5cn4)oc3c2)c1. The molecule has 0 saturated heterocycles. The highest BCUT2D eigenvalue weighted by molar-refractivity contribution is 5.85. The molecular formula is C26H16N2O2. The average molecular weight is 388 g/mol. The first kappa shape index (κ1) is 17.7. The number of rotatable bonds is 1. The molecule has 0 aliphatic heterocycles. The average Bonchev–Trinajstić information content (AvgIpc) is 2.77. The zero-order valence-corrected chi connectivity index (χ0v) is 15.9. The highest BCUT2D eigenvalue weighted by atomic mass is 16.3. The number of hydrogen-bond donors (Lipinski definition) is 1. The van der Waals surface area contributed by atoms with Crippen LogP contribution in [0.3, 0.4) is 0 Å². The van der Waals surface area contributed by atoms with Crippen LogP contribution in [0.15, 0.2) is 94.3 Å². The molecule has 0 fully saturated rings. The fourth-order valence-corrected chi connectivity index (χ4v) is 3.34. The second kappa shape index (κ2) is 7.23. The minimum atomic E-state index is -0.114. The van der Waals surface area contributed by atoms with E-state index in [0.29, 0.717) is 28.1 Å². The number of nitrogens with zero attached hydrogens (tertiary/aromatic N) is 1. The van der Waals surface area contributed by atoms with Crippen LogP contribution in [-0.4, -0.2) is 4.98 Å². The number of benzene rings is 3. The lowest BCUT2D eigenvalue weighted by Crippen LogP contribution is -2.01. The van der Waals surface area contributed by atoms with E-state index in [2.05, 4.69) is 16.8 Å². The Balaban J connectivity index is 1.59. The van der Waals surface area contributed by atoms with Gasteiger partial charge in [-0.2, -0.15) is 0 Å². The molecule has 30 heavy (non-hydrogen) atoms. The molecule has 0 aliphatic rings. The molecule has 0 amide bonds. The van der Waals surface area contributed by atoms with E-state index in [1.165, 1.54) is 6.07 Å². The first-order valence-electron chi connectivity index (χ1n) is 9.46. The molecule has 0 radical (unpaired) electrons. The summed E-state index contributed by atoms with van der Waals surface area (Å²) in [6.45, 7) is 0. The molecule has 0 atom stereocenters. The van der Waals surface area contributed by atoms with Crippen molar-refractivity contribution in [1.82, 2.24) is 4.98 Å². The number of fused-ring (bicyclic) bond motifs is 2. The van der Waals surface area contributed by atoms with Gasteiger partial charge >= 0.3 is 0 Å². The fraction of sp³-hybridized carbons (Fsp3) is 0. The van der Waals surface area contributed by atoms with Gasteiger partial charge in [-0.25, -0.2) is 0 Å². The molecule has 2 aromatic heterocycles. The zero-order valence-electron chi connectivity index (χ0n) is 15.9. The second-order valence-electron chi connectivity index (χ2n) is 6.98. The zero-order chi connectivity index (χ0) is 20.5. The van der Waals surface area contributed by atoms with Crippen molar-refractivity contribution in [2.24, 2.45) is 0 Å². The third kappa shape index (κ3) is 3.41. The van der Waals surface area contributed by atoms with Crippen LogP contribution in [0, 0.1) is 11.8 Å². The summed E-state index contributed by atoms with van der Waals surface area (Å²) in [6, 6.07) is 24.1. The molecule has 3 aromatic carbocycles. The summed E-state index contributed by atoms with van der Waals surface area (Å²) in [4.78, 5) is 17.1. The van der Waals surface area contributed by atoms with Crippen molar-refractivity contribution >= 4 is 27.4 Å². The van der Waals surface area contributed by atoms with Crippen LogP contribution in [0.25, 0.3) is 33.2 Å². The lowest BCUT2D eigenvalue weighted by atomic mass is 10.1. The predicted molar refractivity (Wildman–Crippen MR) is 120 cm³/mol. The third-order valence-corrected chi connectivity index (χ3v) is 4.85. The minimum absolute atomic E-state index is 0.114. The van der Waals surface area contributed by atoms with E-state index in [9.17, 15) is 4.79 Å². The molecular weight excluding hydrogens is 372 g/mol. The summed E-state index contributed by atoms with van der Waals surface area (Å²) in [6.07, 6.45) is 1.78. The molecule has 5 rings (SSSR count). The molecule has 2 N–H and O–H groups in total. The second-order valence-corrected chi connectivity index (χ2v) is 6.98. The fourth-order valence-electron chi connectivity index (χ4n) is 3.34. The van der Waals surface area contributed by atoms with Crippen molar-refractivity contribution in [3.63, 3.8) is 0 Å². The van der Waals surface area contributed by atoms with Gasteiger partial charge < -0.3 is 10.2 Å². The Labute approximate surface area is 172 Å². The molecule has 0 aliphatic carbocycles. The molecule has 4 heteroatoms. The summed E-state index contributed by atoms with van der Waals surface area (Å²) >= 11 is 0. The molecule has 5 aromatic rings. The van der Waals surface area contributed by atoms with E-state index < -0.39 is 0 Å². The van der Waals surface area contributed by atoms with Crippen molar-refractivity contribution in [3.8, 4) is 23.3 Å². The number of pyridine rings is 1. The maximum absolute atomic E-state index is 12.6. The molecule has 0 spiro atoms. The van der Waals surface area contributed by atoms with Gasteiger partial charge in [0.25, 0.3) is 0 Å². The smallest absolute Gasteiger partial charge is 0.193 e. The van der Waals surface area contributed by atoms with Crippen LogP contribution < -0.4 is 11.2 Å². The normalized spacial score (nSPS) is 10.7. The van der Waals surface area contributed by atoms with Crippen LogP contribution in [0.1, 0.15) is 11.1 Å². The van der Waals surface area contributed by atoms with Crippen molar-refractivity contribution in [3.05, 3.63) is 106 Å². The number of aromatic nitrogens is 1. The molecule has 0 saturated carbocycles.